The van der Waals surface area contributed by atoms with Crippen molar-refractivity contribution in [3.8, 4) is 11.5 Å². The van der Waals surface area contributed by atoms with Crippen LogP contribution in [0.2, 0.25) is 5.02 Å². The second-order valence-corrected chi connectivity index (χ2v) is 6.48. The van der Waals surface area contributed by atoms with Gasteiger partial charge < -0.3 is 14.8 Å². The Labute approximate surface area is 148 Å². The molecule has 0 bridgehead atoms. The Morgan fingerprint density at radius 2 is 2.04 bits per heavy atom. The van der Waals surface area contributed by atoms with E-state index in [4.69, 9.17) is 21.1 Å². The molecule has 6 nitrogen and oxygen atoms in total. The van der Waals surface area contributed by atoms with Crippen molar-refractivity contribution in [1.82, 2.24) is 10.2 Å². The van der Waals surface area contributed by atoms with Gasteiger partial charge in [0.1, 0.15) is 0 Å². The van der Waals surface area contributed by atoms with Gasteiger partial charge in [0.2, 0.25) is 16.0 Å². The number of rotatable bonds is 3. The number of nitrogens with one attached hydrogen (secondary N) is 1. The molecule has 3 rings (SSSR count). The van der Waals surface area contributed by atoms with E-state index in [-0.39, 0.29) is 22.9 Å². The van der Waals surface area contributed by atoms with E-state index >= 15 is 0 Å². The molecule has 0 saturated carbocycles. The van der Waals surface area contributed by atoms with Gasteiger partial charge in [0.25, 0.3) is 0 Å². The number of alkyl halides is 3. The molecule has 0 aliphatic carbocycles. The molecule has 1 aliphatic rings. The second kappa shape index (κ2) is 7.04. The molecule has 25 heavy (non-hydrogen) atoms. The summed E-state index contributed by atoms with van der Waals surface area (Å²) in [5.74, 6) is 0.306. The highest BCUT2D eigenvalue weighted by Crippen LogP contribution is 2.38. The van der Waals surface area contributed by atoms with E-state index < -0.39 is 17.1 Å². The van der Waals surface area contributed by atoms with Gasteiger partial charge in [-0.1, -0.05) is 22.9 Å². The van der Waals surface area contributed by atoms with Crippen LogP contribution in [-0.4, -0.2) is 29.3 Å². The number of aromatic nitrogens is 2. The number of ether oxygens (including phenoxy) is 2. The summed E-state index contributed by atoms with van der Waals surface area (Å²) in [6.07, 6.45) is -4.00. The predicted octanol–water partition coefficient (Wildman–Crippen LogP) is 3.55. The normalized spacial score (nSPS) is 14.1. The van der Waals surface area contributed by atoms with Gasteiger partial charge in [-0.25, -0.2) is 0 Å². The number of amides is 1. The first kappa shape index (κ1) is 17.7. The minimum atomic E-state index is -4.59. The van der Waals surface area contributed by atoms with Gasteiger partial charge in [0.05, 0.1) is 24.7 Å². The highest BCUT2D eigenvalue weighted by molar-refractivity contribution is 7.15. The molecule has 11 heteroatoms. The molecule has 1 amide bonds. The molecule has 0 atom stereocenters. The first-order chi connectivity index (χ1) is 11.8. The largest absolute Gasteiger partial charge is 0.489 e. The Morgan fingerprint density at radius 3 is 2.76 bits per heavy atom. The number of fused-ring (bicyclic) bond motifs is 1. The van der Waals surface area contributed by atoms with E-state index in [2.05, 4.69) is 15.5 Å². The maximum Gasteiger partial charge on any atom is 0.445 e. The fourth-order valence-electron chi connectivity index (χ4n) is 2.12. The van der Waals surface area contributed by atoms with E-state index in [1.165, 1.54) is 0 Å². The van der Waals surface area contributed by atoms with Gasteiger partial charge >= 0.3 is 6.18 Å². The van der Waals surface area contributed by atoms with E-state index in [9.17, 15) is 18.0 Å². The summed E-state index contributed by atoms with van der Waals surface area (Å²) in [5, 5.41) is 7.55. The maximum atomic E-state index is 12.5. The molecule has 1 aromatic carbocycles. The summed E-state index contributed by atoms with van der Waals surface area (Å²) >= 11 is 6.39. The van der Waals surface area contributed by atoms with Crippen LogP contribution in [0.15, 0.2) is 12.1 Å². The third kappa shape index (κ3) is 4.31. The van der Waals surface area contributed by atoms with Crippen molar-refractivity contribution in [1.29, 1.82) is 0 Å². The Balaban J connectivity index is 1.70. The van der Waals surface area contributed by atoms with Gasteiger partial charge in [0, 0.05) is 6.42 Å². The Hall–Kier alpha value is -2.07. The zero-order chi connectivity index (χ0) is 18.0. The average Bonchev–Trinajstić information content (AvgIpc) is 2.85. The molecule has 0 radical (unpaired) electrons. The number of benzene rings is 1. The van der Waals surface area contributed by atoms with Gasteiger partial charge in [-0.05, 0) is 17.7 Å². The highest BCUT2D eigenvalue weighted by atomic mass is 35.5. The molecule has 2 aromatic rings. The quantitative estimate of drug-likeness (QED) is 0.863. The van der Waals surface area contributed by atoms with E-state index in [0.717, 1.165) is 0 Å². The minimum absolute atomic E-state index is 0.114. The lowest BCUT2D eigenvalue weighted by molar-refractivity contribution is -0.138. The SMILES string of the molecule is O=C(Cc1cc(Cl)c2c(c1)OCCCO2)Nc1nnc(C(F)(F)F)s1. The molecule has 0 saturated heterocycles. The number of nitrogens with zero attached hydrogens (tertiary/aromatic N) is 2. The summed E-state index contributed by atoms with van der Waals surface area (Å²) < 4.78 is 48.4. The molecule has 0 fully saturated rings. The first-order valence-electron chi connectivity index (χ1n) is 7.11. The van der Waals surface area contributed by atoms with Crippen LogP contribution in [0, 0.1) is 0 Å². The van der Waals surface area contributed by atoms with Crippen molar-refractivity contribution in [2.45, 2.75) is 19.0 Å². The predicted molar refractivity (Wildman–Crippen MR) is 84.3 cm³/mol. The van der Waals surface area contributed by atoms with Crippen LogP contribution >= 0.6 is 22.9 Å². The van der Waals surface area contributed by atoms with E-state index in [0.29, 0.717) is 41.7 Å². The van der Waals surface area contributed by atoms with E-state index in [1.54, 1.807) is 12.1 Å². The van der Waals surface area contributed by atoms with Crippen molar-refractivity contribution in [3.05, 3.63) is 27.7 Å². The van der Waals surface area contributed by atoms with Gasteiger partial charge in [-0.15, -0.1) is 10.2 Å². The third-order valence-corrected chi connectivity index (χ3v) is 4.30. The summed E-state index contributed by atoms with van der Waals surface area (Å²) in [5.41, 5.74) is 0.535. The molecule has 2 heterocycles. The van der Waals surface area contributed by atoms with Crippen LogP contribution in [0.5, 0.6) is 11.5 Å². The smallest absolute Gasteiger partial charge is 0.445 e. The van der Waals surface area contributed by atoms with Crippen molar-refractivity contribution < 1.29 is 27.4 Å². The topological polar surface area (TPSA) is 73.3 Å². The van der Waals surface area contributed by atoms with Crippen molar-refractivity contribution in [3.63, 3.8) is 0 Å². The van der Waals surface area contributed by atoms with Crippen LogP contribution < -0.4 is 14.8 Å². The summed E-state index contributed by atoms with van der Waals surface area (Å²) in [4.78, 5) is 12.0. The average molecular weight is 394 g/mol. The number of hydrogen-bond donors (Lipinski definition) is 1. The van der Waals surface area contributed by atoms with Crippen LogP contribution in [0.1, 0.15) is 17.0 Å². The summed E-state index contributed by atoms with van der Waals surface area (Å²) in [6.45, 7) is 0.940. The summed E-state index contributed by atoms with van der Waals surface area (Å²) in [7, 11) is 0. The Kier molecular flexibility index (Phi) is 5.00. The number of hydrogen-bond acceptors (Lipinski definition) is 6. The first-order valence-corrected chi connectivity index (χ1v) is 8.31. The fourth-order valence-corrected chi connectivity index (χ4v) is 3.04. The number of carbonyl (C=O) groups is 1. The molecule has 0 spiro atoms. The molecular formula is C14H11ClF3N3O3S. The monoisotopic (exact) mass is 393 g/mol. The van der Waals surface area contributed by atoms with Crippen LogP contribution in [0.3, 0.4) is 0 Å². The maximum absolute atomic E-state index is 12.5. The van der Waals surface area contributed by atoms with Crippen molar-refractivity contribution in [2.75, 3.05) is 18.5 Å². The van der Waals surface area contributed by atoms with Gasteiger partial charge in [-0.3, -0.25) is 4.79 Å². The number of halogens is 4. The van der Waals surface area contributed by atoms with Crippen LogP contribution in [-0.2, 0) is 17.4 Å². The lowest BCUT2D eigenvalue weighted by Crippen LogP contribution is -2.14. The van der Waals surface area contributed by atoms with Gasteiger partial charge in [-0.2, -0.15) is 13.2 Å². The zero-order valence-corrected chi connectivity index (χ0v) is 14.1. The Bertz CT molecular complexity index is 797. The highest BCUT2D eigenvalue weighted by Gasteiger charge is 2.35. The molecule has 1 aliphatic heterocycles. The standard InChI is InChI=1S/C14H11ClF3N3O3S/c15-8-4-7(5-9-11(8)24-3-1-2-23-9)6-10(22)19-13-21-20-12(25-13)14(16,17)18/h4-5H,1-3,6H2,(H,19,21,22). The fraction of sp³-hybridized carbons (Fsp3) is 0.357. The van der Waals surface area contributed by atoms with Gasteiger partial charge in [0.15, 0.2) is 11.5 Å². The number of carbonyl (C=O) groups excluding carboxylic acids is 1. The van der Waals surface area contributed by atoms with Crippen LogP contribution in [0.4, 0.5) is 18.3 Å². The van der Waals surface area contributed by atoms with E-state index in [1.807, 2.05) is 0 Å². The molecular weight excluding hydrogens is 383 g/mol. The zero-order valence-electron chi connectivity index (χ0n) is 12.5. The van der Waals surface area contributed by atoms with Crippen molar-refractivity contribution in [2.24, 2.45) is 0 Å². The molecule has 134 valence electrons. The van der Waals surface area contributed by atoms with Crippen molar-refractivity contribution >= 4 is 34.0 Å². The lowest BCUT2D eigenvalue weighted by Gasteiger charge is -2.11. The second-order valence-electron chi connectivity index (χ2n) is 5.09. The number of anilines is 1. The lowest BCUT2D eigenvalue weighted by atomic mass is 10.1. The third-order valence-electron chi connectivity index (χ3n) is 3.14. The summed E-state index contributed by atoms with van der Waals surface area (Å²) in [6, 6.07) is 3.17. The molecule has 1 aromatic heterocycles. The Morgan fingerprint density at radius 1 is 1.28 bits per heavy atom. The minimum Gasteiger partial charge on any atom is -0.489 e. The molecule has 0 unspecified atom stereocenters. The molecule has 1 N–H and O–H groups in total. The van der Waals surface area contributed by atoms with Crippen LogP contribution in [0.25, 0.3) is 0 Å².